The number of aromatic nitrogens is 1. The summed E-state index contributed by atoms with van der Waals surface area (Å²) in [5.41, 5.74) is 1.66. The minimum Gasteiger partial charge on any atom is -0.494 e. The summed E-state index contributed by atoms with van der Waals surface area (Å²) in [5.74, 6) is 1.15. The minimum atomic E-state index is -3.82. The van der Waals surface area contributed by atoms with Crippen molar-refractivity contribution >= 4 is 15.7 Å². The Kier molecular flexibility index (Phi) is 6.59. The summed E-state index contributed by atoms with van der Waals surface area (Å²) < 4.78 is 37.7. The van der Waals surface area contributed by atoms with Gasteiger partial charge in [-0.25, -0.2) is 8.42 Å². The van der Waals surface area contributed by atoms with Gasteiger partial charge in [0, 0.05) is 12.1 Å². The number of nitrogens with one attached hydrogen (secondary N) is 1. The molecule has 0 aliphatic rings. The maximum absolute atomic E-state index is 13.2. The largest absolute Gasteiger partial charge is 0.494 e. The van der Waals surface area contributed by atoms with Gasteiger partial charge in [0.05, 0.1) is 11.5 Å². The van der Waals surface area contributed by atoms with Crippen LogP contribution in [-0.4, -0.2) is 26.6 Å². The van der Waals surface area contributed by atoms with Crippen molar-refractivity contribution < 1.29 is 17.6 Å². The molecule has 7 heteroatoms. The van der Waals surface area contributed by atoms with Gasteiger partial charge in [-0.2, -0.15) is 4.98 Å². The van der Waals surface area contributed by atoms with E-state index in [2.05, 4.69) is 17.2 Å². The molecule has 0 saturated heterocycles. The van der Waals surface area contributed by atoms with Gasteiger partial charge in [0.25, 0.3) is 0 Å². The first-order chi connectivity index (χ1) is 14.0. The van der Waals surface area contributed by atoms with Gasteiger partial charge in [-0.3, -0.25) is 0 Å². The van der Waals surface area contributed by atoms with E-state index >= 15 is 0 Å². The normalized spacial score (nSPS) is 11.4. The number of rotatable bonds is 9. The van der Waals surface area contributed by atoms with Gasteiger partial charge in [0.2, 0.25) is 26.6 Å². The Morgan fingerprint density at radius 3 is 2.34 bits per heavy atom. The Bertz CT molecular complexity index is 1040. The zero-order valence-corrected chi connectivity index (χ0v) is 17.8. The van der Waals surface area contributed by atoms with E-state index in [4.69, 9.17) is 9.15 Å². The lowest BCUT2D eigenvalue weighted by Gasteiger charge is -2.05. The molecule has 3 aromatic rings. The Labute approximate surface area is 171 Å². The SMILES string of the molecule is CCCCNc1oc(-c2ccc(OCC)cc2)nc1S(=O)(=O)c1ccc(C)cc1. The van der Waals surface area contributed by atoms with Gasteiger partial charge >= 0.3 is 0 Å². The number of oxazole rings is 1. The van der Waals surface area contributed by atoms with Crippen LogP contribution in [0.3, 0.4) is 0 Å². The molecule has 1 heterocycles. The molecule has 0 aliphatic heterocycles. The Morgan fingerprint density at radius 2 is 1.72 bits per heavy atom. The molecule has 29 heavy (non-hydrogen) atoms. The number of sulfone groups is 1. The summed E-state index contributed by atoms with van der Waals surface area (Å²) in [6.45, 7) is 7.07. The van der Waals surface area contributed by atoms with Crippen LogP contribution in [0.1, 0.15) is 32.3 Å². The van der Waals surface area contributed by atoms with Crippen molar-refractivity contribution in [1.82, 2.24) is 4.98 Å². The van der Waals surface area contributed by atoms with E-state index in [9.17, 15) is 8.42 Å². The molecule has 1 aromatic heterocycles. The lowest BCUT2D eigenvalue weighted by molar-refractivity contribution is 0.340. The average molecular weight is 415 g/mol. The summed E-state index contributed by atoms with van der Waals surface area (Å²) >= 11 is 0. The van der Waals surface area contributed by atoms with Crippen molar-refractivity contribution in [2.75, 3.05) is 18.5 Å². The lowest BCUT2D eigenvalue weighted by Crippen LogP contribution is -2.08. The van der Waals surface area contributed by atoms with E-state index in [1.165, 1.54) is 0 Å². The number of hydrogen-bond acceptors (Lipinski definition) is 6. The van der Waals surface area contributed by atoms with E-state index in [-0.39, 0.29) is 21.7 Å². The number of nitrogens with zero attached hydrogens (tertiary/aromatic N) is 1. The van der Waals surface area contributed by atoms with Crippen molar-refractivity contribution in [2.24, 2.45) is 0 Å². The molecule has 6 nitrogen and oxygen atoms in total. The molecule has 0 bridgehead atoms. The molecule has 0 atom stereocenters. The summed E-state index contributed by atoms with van der Waals surface area (Å²) in [6, 6.07) is 13.9. The number of unbranched alkanes of at least 4 members (excludes halogenated alkanes) is 1. The highest BCUT2D eigenvalue weighted by atomic mass is 32.2. The first-order valence-electron chi connectivity index (χ1n) is 9.75. The fraction of sp³-hybridized carbons (Fsp3) is 0.318. The highest BCUT2D eigenvalue weighted by molar-refractivity contribution is 7.91. The summed E-state index contributed by atoms with van der Waals surface area (Å²) in [7, 11) is -3.82. The van der Waals surface area contributed by atoms with Gasteiger partial charge in [-0.1, -0.05) is 31.0 Å². The van der Waals surface area contributed by atoms with Crippen molar-refractivity contribution in [3.63, 3.8) is 0 Å². The third-order valence-electron chi connectivity index (χ3n) is 4.41. The molecule has 0 aliphatic carbocycles. The third-order valence-corrected chi connectivity index (χ3v) is 6.09. The predicted octanol–water partition coefficient (Wildman–Crippen LogP) is 5.09. The summed E-state index contributed by atoms with van der Waals surface area (Å²) in [5, 5.41) is 2.99. The second-order valence-electron chi connectivity index (χ2n) is 6.71. The van der Waals surface area contributed by atoms with E-state index in [1.807, 2.05) is 13.8 Å². The Morgan fingerprint density at radius 1 is 1.03 bits per heavy atom. The molecule has 0 amide bonds. The fourth-order valence-corrected chi connectivity index (χ4v) is 4.07. The molecule has 0 unspecified atom stereocenters. The van der Waals surface area contributed by atoms with Crippen LogP contribution in [0.25, 0.3) is 11.5 Å². The molecule has 1 N–H and O–H groups in total. The molecule has 2 aromatic carbocycles. The zero-order chi connectivity index (χ0) is 20.9. The van der Waals surface area contributed by atoms with Crippen molar-refractivity contribution in [1.29, 1.82) is 0 Å². The maximum Gasteiger partial charge on any atom is 0.233 e. The van der Waals surface area contributed by atoms with Gasteiger partial charge in [-0.15, -0.1) is 0 Å². The van der Waals surface area contributed by atoms with Crippen LogP contribution in [0.4, 0.5) is 5.88 Å². The van der Waals surface area contributed by atoms with Crippen LogP contribution in [0.2, 0.25) is 0 Å². The molecule has 0 radical (unpaired) electrons. The van der Waals surface area contributed by atoms with Gasteiger partial charge in [-0.05, 0) is 56.7 Å². The third kappa shape index (κ3) is 4.79. The minimum absolute atomic E-state index is 0.0960. The maximum atomic E-state index is 13.2. The second kappa shape index (κ2) is 9.13. The van der Waals surface area contributed by atoms with E-state index < -0.39 is 9.84 Å². The van der Waals surface area contributed by atoms with Gasteiger partial charge < -0.3 is 14.5 Å². The van der Waals surface area contributed by atoms with Crippen molar-refractivity contribution in [2.45, 2.75) is 43.5 Å². The van der Waals surface area contributed by atoms with Crippen LogP contribution in [0.15, 0.2) is 62.9 Å². The first kappa shape index (κ1) is 20.9. The van der Waals surface area contributed by atoms with Gasteiger partial charge in [0.15, 0.2) is 0 Å². The van der Waals surface area contributed by atoms with Crippen LogP contribution in [0.5, 0.6) is 5.75 Å². The predicted molar refractivity (Wildman–Crippen MR) is 113 cm³/mol. The van der Waals surface area contributed by atoms with Crippen LogP contribution < -0.4 is 10.1 Å². The lowest BCUT2D eigenvalue weighted by atomic mass is 10.2. The van der Waals surface area contributed by atoms with Crippen molar-refractivity contribution in [3.05, 3.63) is 54.1 Å². The topological polar surface area (TPSA) is 81.4 Å². The molecule has 0 spiro atoms. The standard InChI is InChI=1S/C22H26N2O4S/c1-4-6-15-23-21-22(29(25,26)19-13-7-16(3)8-14-19)24-20(28-21)17-9-11-18(12-10-17)27-5-2/h7-14,23H,4-6,15H2,1-3H3. The van der Waals surface area contributed by atoms with Crippen molar-refractivity contribution in [3.8, 4) is 17.2 Å². The molecular formula is C22H26N2O4S. The molecule has 3 rings (SSSR count). The molecule has 0 fully saturated rings. The monoisotopic (exact) mass is 414 g/mol. The number of aryl methyl sites for hydroxylation is 1. The average Bonchev–Trinajstić information content (AvgIpc) is 3.14. The van der Waals surface area contributed by atoms with Crippen LogP contribution in [0, 0.1) is 6.92 Å². The Hall–Kier alpha value is -2.80. The van der Waals surface area contributed by atoms with Crippen LogP contribution in [-0.2, 0) is 9.84 Å². The number of anilines is 1. The molecular weight excluding hydrogens is 388 g/mol. The zero-order valence-electron chi connectivity index (χ0n) is 16.9. The number of hydrogen-bond donors (Lipinski definition) is 1. The van der Waals surface area contributed by atoms with Gasteiger partial charge in [0.1, 0.15) is 5.75 Å². The first-order valence-corrected chi connectivity index (χ1v) is 11.2. The quantitative estimate of drug-likeness (QED) is 0.491. The summed E-state index contributed by atoms with van der Waals surface area (Å²) in [6.07, 6.45) is 1.87. The molecule has 154 valence electrons. The summed E-state index contributed by atoms with van der Waals surface area (Å²) in [4.78, 5) is 4.54. The Balaban J connectivity index is 2.01. The smallest absolute Gasteiger partial charge is 0.233 e. The number of benzene rings is 2. The van der Waals surface area contributed by atoms with Crippen LogP contribution >= 0.6 is 0 Å². The van der Waals surface area contributed by atoms with E-state index in [0.29, 0.717) is 18.7 Å². The highest BCUT2D eigenvalue weighted by Crippen LogP contribution is 2.33. The number of ether oxygens (including phenoxy) is 1. The van der Waals surface area contributed by atoms with E-state index in [0.717, 1.165) is 24.2 Å². The van der Waals surface area contributed by atoms with E-state index in [1.54, 1.807) is 48.5 Å². The second-order valence-corrected chi connectivity index (χ2v) is 8.57. The molecule has 0 saturated carbocycles. The fourth-order valence-electron chi connectivity index (χ4n) is 2.79. The highest BCUT2D eigenvalue weighted by Gasteiger charge is 2.28.